The summed E-state index contributed by atoms with van der Waals surface area (Å²) < 4.78 is 5.66. The van der Waals surface area contributed by atoms with Gasteiger partial charge in [0.25, 0.3) is 5.91 Å². The number of nitrogens with zero attached hydrogens (tertiary/aromatic N) is 3. The van der Waals surface area contributed by atoms with Gasteiger partial charge in [0.1, 0.15) is 15.6 Å². The van der Waals surface area contributed by atoms with Gasteiger partial charge in [-0.3, -0.25) is 9.69 Å². The van der Waals surface area contributed by atoms with Gasteiger partial charge in [-0.15, -0.1) is 11.3 Å². The van der Waals surface area contributed by atoms with Gasteiger partial charge in [0, 0.05) is 32.2 Å². The monoisotopic (exact) mass is 435 g/mol. The molecule has 1 saturated carbocycles. The van der Waals surface area contributed by atoms with Crippen molar-refractivity contribution < 1.29 is 9.53 Å². The Kier molecular flexibility index (Phi) is 5.67. The zero-order valence-corrected chi connectivity index (χ0v) is 19.1. The van der Waals surface area contributed by atoms with Crippen LogP contribution in [0.3, 0.4) is 0 Å². The van der Waals surface area contributed by atoms with Crippen LogP contribution in [0.2, 0.25) is 0 Å². The number of fused-ring (bicyclic) bond motifs is 1. The van der Waals surface area contributed by atoms with E-state index >= 15 is 0 Å². The van der Waals surface area contributed by atoms with Crippen LogP contribution in [0.4, 0.5) is 0 Å². The first kappa shape index (κ1) is 20.5. The van der Waals surface area contributed by atoms with E-state index in [0.29, 0.717) is 0 Å². The number of aryl methyl sites for hydroxylation is 1. The molecule has 5 rings (SSSR count). The average molecular weight is 436 g/mol. The quantitative estimate of drug-likeness (QED) is 0.580. The van der Waals surface area contributed by atoms with Crippen LogP contribution in [0.5, 0.6) is 5.75 Å². The number of amides is 1. The van der Waals surface area contributed by atoms with E-state index in [1.54, 1.807) is 7.11 Å². The van der Waals surface area contributed by atoms with Crippen LogP contribution in [-0.2, 0) is 0 Å². The zero-order valence-electron chi connectivity index (χ0n) is 18.3. The highest BCUT2D eigenvalue weighted by molar-refractivity contribution is 7.17. The zero-order chi connectivity index (χ0) is 21.4. The predicted octanol–water partition coefficient (Wildman–Crippen LogP) is 4.98. The molecule has 2 aromatic carbocycles. The summed E-state index contributed by atoms with van der Waals surface area (Å²) in [4.78, 5) is 23.5. The molecule has 2 aliphatic rings. The maximum absolute atomic E-state index is 13.4. The Morgan fingerprint density at radius 1 is 1.06 bits per heavy atom. The van der Waals surface area contributed by atoms with E-state index in [0.717, 1.165) is 69.9 Å². The minimum Gasteiger partial charge on any atom is -0.496 e. The fourth-order valence-electron chi connectivity index (χ4n) is 5.05. The SMILES string of the molecule is COc1ccc2ccccc2c1-c1nc(C)c(C(=O)N2CCN(C3CCCC3)CC2)s1. The third-order valence-corrected chi connectivity index (χ3v) is 7.92. The van der Waals surface area contributed by atoms with Crippen molar-refractivity contribution in [2.45, 2.75) is 38.6 Å². The van der Waals surface area contributed by atoms with Crippen LogP contribution in [0.15, 0.2) is 36.4 Å². The molecule has 2 fully saturated rings. The lowest BCUT2D eigenvalue weighted by Crippen LogP contribution is -2.51. The number of carbonyl (C=O) groups excluding carboxylic acids is 1. The molecule has 0 atom stereocenters. The average Bonchev–Trinajstić information content (AvgIpc) is 3.48. The molecule has 162 valence electrons. The molecule has 5 nitrogen and oxygen atoms in total. The number of ether oxygens (including phenoxy) is 1. The van der Waals surface area contributed by atoms with Crippen molar-refractivity contribution in [3.8, 4) is 16.3 Å². The highest BCUT2D eigenvalue weighted by Crippen LogP contribution is 2.40. The lowest BCUT2D eigenvalue weighted by molar-refractivity contribution is 0.0577. The molecule has 2 heterocycles. The maximum Gasteiger partial charge on any atom is 0.265 e. The number of rotatable bonds is 4. The minimum absolute atomic E-state index is 0.117. The van der Waals surface area contributed by atoms with Gasteiger partial charge in [0.05, 0.1) is 18.4 Å². The number of aromatic nitrogens is 1. The third-order valence-electron chi connectivity index (χ3n) is 6.76. The van der Waals surface area contributed by atoms with Gasteiger partial charge in [0.2, 0.25) is 0 Å². The number of methoxy groups -OCH3 is 1. The van der Waals surface area contributed by atoms with E-state index in [2.05, 4.69) is 23.1 Å². The van der Waals surface area contributed by atoms with E-state index in [4.69, 9.17) is 9.72 Å². The second-order valence-electron chi connectivity index (χ2n) is 8.56. The molecule has 1 amide bonds. The summed E-state index contributed by atoms with van der Waals surface area (Å²) in [6.07, 6.45) is 5.34. The van der Waals surface area contributed by atoms with Crippen LogP contribution in [0.25, 0.3) is 21.3 Å². The van der Waals surface area contributed by atoms with Crippen molar-refractivity contribution in [3.63, 3.8) is 0 Å². The fourth-order valence-corrected chi connectivity index (χ4v) is 6.15. The topological polar surface area (TPSA) is 45.7 Å². The molecule has 0 unspecified atom stereocenters. The molecular weight excluding hydrogens is 406 g/mol. The normalized spacial score (nSPS) is 18.1. The van der Waals surface area contributed by atoms with Gasteiger partial charge in [-0.25, -0.2) is 4.98 Å². The Labute approximate surface area is 187 Å². The molecule has 1 saturated heterocycles. The maximum atomic E-state index is 13.4. The second kappa shape index (κ2) is 8.60. The van der Waals surface area contributed by atoms with Gasteiger partial charge < -0.3 is 9.64 Å². The highest BCUT2D eigenvalue weighted by atomic mass is 32.1. The summed E-state index contributed by atoms with van der Waals surface area (Å²) in [7, 11) is 1.68. The highest BCUT2D eigenvalue weighted by Gasteiger charge is 2.30. The molecule has 0 bridgehead atoms. The summed E-state index contributed by atoms with van der Waals surface area (Å²) in [6.45, 7) is 5.52. The minimum atomic E-state index is 0.117. The second-order valence-corrected chi connectivity index (χ2v) is 9.56. The molecule has 0 N–H and O–H groups in total. The molecule has 6 heteroatoms. The molecule has 1 aliphatic carbocycles. The van der Waals surface area contributed by atoms with Crippen molar-refractivity contribution in [2.24, 2.45) is 0 Å². The molecule has 1 aliphatic heterocycles. The van der Waals surface area contributed by atoms with Gasteiger partial charge in [0.15, 0.2) is 0 Å². The smallest absolute Gasteiger partial charge is 0.265 e. The van der Waals surface area contributed by atoms with E-state index in [1.807, 2.05) is 30.0 Å². The first-order valence-electron chi connectivity index (χ1n) is 11.2. The summed E-state index contributed by atoms with van der Waals surface area (Å²) in [5, 5.41) is 3.08. The van der Waals surface area contributed by atoms with Gasteiger partial charge in [-0.2, -0.15) is 0 Å². The molecular formula is C25H29N3O2S. The number of hydrogen-bond acceptors (Lipinski definition) is 5. The van der Waals surface area contributed by atoms with E-state index < -0.39 is 0 Å². The van der Waals surface area contributed by atoms with E-state index in [1.165, 1.54) is 37.0 Å². The molecule has 31 heavy (non-hydrogen) atoms. The van der Waals surface area contributed by atoms with Crippen molar-refractivity contribution in [2.75, 3.05) is 33.3 Å². The molecule has 0 radical (unpaired) electrons. The van der Waals surface area contributed by atoms with Crippen LogP contribution in [0, 0.1) is 6.92 Å². The number of carbonyl (C=O) groups is 1. The molecule has 1 aromatic heterocycles. The summed E-state index contributed by atoms with van der Waals surface area (Å²) >= 11 is 1.49. The Bertz CT molecular complexity index is 1100. The summed E-state index contributed by atoms with van der Waals surface area (Å²) in [5.41, 5.74) is 1.78. The summed E-state index contributed by atoms with van der Waals surface area (Å²) in [6, 6.07) is 13.0. The first-order chi connectivity index (χ1) is 15.2. The van der Waals surface area contributed by atoms with Crippen molar-refractivity contribution >= 4 is 28.0 Å². The van der Waals surface area contributed by atoms with Gasteiger partial charge in [-0.1, -0.05) is 43.2 Å². The third kappa shape index (κ3) is 3.83. The number of thiazole rings is 1. The van der Waals surface area contributed by atoms with Crippen molar-refractivity contribution in [1.29, 1.82) is 0 Å². The lowest BCUT2D eigenvalue weighted by Gasteiger charge is -2.37. The van der Waals surface area contributed by atoms with E-state index in [9.17, 15) is 4.79 Å². The van der Waals surface area contributed by atoms with Crippen LogP contribution in [-0.4, -0.2) is 60.0 Å². The predicted molar refractivity (Wildman–Crippen MR) is 126 cm³/mol. The number of benzene rings is 2. The molecule has 3 aromatic rings. The van der Waals surface area contributed by atoms with Crippen molar-refractivity contribution in [1.82, 2.24) is 14.8 Å². The van der Waals surface area contributed by atoms with E-state index in [-0.39, 0.29) is 5.91 Å². The number of hydrogen-bond donors (Lipinski definition) is 0. The lowest BCUT2D eigenvalue weighted by atomic mass is 10.0. The van der Waals surface area contributed by atoms with Crippen LogP contribution < -0.4 is 4.74 Å². The Morgan fingerprint density at radius 3 is 2.55 bits per heavy atom. The number of piperazine rings is 1. The van der Waals surface area contributed by atoms with Crippen LogP contribution in [0.1, 0.15) is 41.0 Å². The van der Waals surface area contributed by atoms with Crippen LogP contribution >= 0.6 is 11.3 Å². The van der Waals surface area contributed by atoms with Crippen molar-refractivity contribution in [3.05, 3.63) is 47.0 Å². The Hall–Kier alpha value is -2.44. The van der Waals surface area contributed by atoms with Gasteiger partial charge in [-0.05, 0) is 36.6 Å². The Morgan fingerprint density at radius 2 is 1.81 bits per heavy atom. The summed E-state index contributed by atoms with van der Waals surface area (Å²) in [5.74, 6) is 0.906. The van der Waals surface area contributed by atoms with Gasteiger partial charge >= 0.3 is 0 Å². The Balaban J connectivity index is 1.40. The molecule has 0 spiro atoms. The fraction of sp³-hybridized carbons (Fsp3) is 0.440. The largest absolute Gasteiger partial charge is 0.496 e. The first-order valence-corrected chi connectivity index (χ1v) is 12.0. The standard InChI is InChI=1S/C25H29N3O2S/c1-17-23(25(29)28-15-13-27(14-16-28)19-8-4-5-9-19)31-24(26-17)22-20-10-6-3-7-18(20)11-12-21(22)30-2/h3,6-7,10-12,19H,4-5,8-9,13-16H2,1-2H3.